The Kier molecular flexibility index (Phi) is 4.78. The summed E-state index contributed by atoms with van der Waals surface area (Å²) in [5.41, 5.74) is 1.64. The standard InChI is InChI=1S/C14H21FN2O2S/c1-3-16-20(18,19)13-6-7-17(10-13)9-12-4-5-14(15)11(2)8-12/h4-5,8,13,16H,3,6-7,9-10H2,1-2H3. The summed E-state index contributed by atoms with van der Waals surface area (Å²) < 4.78 is 39.7. The quantitative estimate of drug-likeness (QED) is 0.899. The van der Waals surface area contributed by atoms with Gasteiger partial charge >= 0.3 is 0 Å². The van der Waals surface area contributed by atoms with Crippen molar-refractivity contribution in [1.82, 2.24) is 9.62 Å². The first-order valence-corrected chi connectivity index (χ1v) is 8.43. The molecule has 1 fully saturated rings. The first kappa shape index (κ1) is 15.4. The van der Waals surface area contributed by atoms with Crippen LogP contribution in [0.3, 0.4) is 0 Å². The van der Waals surface area contributed by atoms with Gasteiger partial charge in [-0.25, -0.2) is 17.5 Å². The molecule has 1 aliphatic heterocycles. The van der Waals surface area contributed by atoms with Crippen molar-refractivity contribution in [1.29, 1.82) is 0 Å². The van der Waals surface area contributed by atoms with Gasteiger partial charge in [0, 0.05) is 19.6 Å². The maximum atomic E-state index is 13.2. The van der Waals surface area contributed by atoms with Gasteiger partial charge < -0.3 is 0 Å². The summed E-state index contributed by atoms with van der Waals surface area (Å²) >= 11 is 0. The number of sulfonamides is 1. The predicted molar refractivity (Wildman–Crippen MR) is 77.4 cm³/mol. The number of aryl methyl sites for hydroxylation is 1. The zero-order valence-corrected chi connectivity index (χ0v) is 12.7. The molecule has 1 aromatic rings. The molecule has 4 nitrogen and oxygen atoms in total. The molecule has 2 rings (SSSR count). The molecule has 0 aliphatic carbocycles. The van der Waals surface area contributed by atoms with Gasteiger partial charge in [-0.3, -0.25) is 4.90 Å². The first-order valence-electron chi connectivity index (χ1n) is 6.88. The van der Waals surface area contributed by atoms with E-state index in [1.54, 1.807) is 19.9 Å². The molecule has 0 bridgehead atoms. The SMILES string of the molecule is CCNS(=O)(=O)C1CCN(Cc2ccc(F)c(C)c2)C1. The predicted octanol–water partition coefficient (Wildman–Crippen LogP) is 1.65. The summed E-state index contributed by atoms with van der Waals surface area (Å²) in [6.45, 7) is 5.90. The Morgan fingerprint density at radius 1 is 1.45 bits per heavy atom. The highest BCUT2D eigenvalue weighted by atomic mass is 32.2. The van der Waals surface area contributed by atoms with E-state index in [9.17, 15) is 12.8 Å². The van der Waals surface area contributed by atoms with Gasteiger partial charge in [0.25, 0.3) is 0 Å². The molecule has 0 amide bonds. The van der Waals surface area contributed by atoms with Crippen LogP contribution in [0.4, 0.5) is 4.39 Å². The summed E-state index contributed by atoms with van der Waals surface area (Å²) in [6.07, 6.45) is 0.648. The normalized spacial score (nSPS) is 20.4. The third-order valence-corrected chi connectivity index (χ3v) is 5.60. The van der Waals surface area contributed by atoms with E-state index < -0.39 is 10.0 Å². The van der Waals surface area contributed by atoms with Gasteiger partial charge in [-0.15, -0.1) is 0 Å². The minimum Gasteiger partial charge on any atom is -0.298 e. The molecule has 6 heteroatoms. The number of rotatable bonds is 5. The molecule has 1 saturated heterocycles. The third-order valence-electron chi connectivity index (χ3n) is 3.64. The molecule has 0 spiro atoms. The van der Waals surface area contributed by atoms with Crippen LogP contribution in [-0.4, -0.2) is 38.2 Å². The lowest BCUT2D eigenvalue weighted by Gasteiger charge is -2.16. The summed E-state index contributed by atoms with van der Waals surface area (Å²) in [5, 5.41) is -0.344. The Balaban J connectivity index is 1.98. The van der Waals surface area contributed by atoms with Crippen molar-refractivity contribution in [3.8, 4) is 0 Å². The second kappa shape index (κ2) is 6.20. The van der Waals surface area contributed by atoms with Crippen LogP contribution in [0.15, 0.2) is 18.2 Å². The van der Waals surface area contributed by atoms with Crippen molar-refractivity contribution >= 4 is 10.0 Å². The van der Waals surface area contributed by atoms with E-state index in [0.717, 1.165) is 12.1 Å². The maximum absolute atomic E-state index is 13.2. The molecular weight excluding hydrogens is 279 g/mol. The van der Waals surface area contributed by atoms with Crippen molar-refractivity contribution in [3.63, 3.8) is 0 Å². The van der Waals surface area contributed by atoms with Crippen LogP contribution in [0.5, 0.6) is 0 Å². The Hall–Kier alpha value is -0.980. The van der Waals surface area contributed by atoms with Crippen LogP contribution in [-0.2, 0) is 16.6 Å². The zero-order valence-electron chi connectivity index (χ0n) is 11.9. The van der Waals surface area contributed by atoms with E-state index in [1.165, 1.54) is 6.07 Å². The largest absolute Gasteiger partial charge is 0.298 e. The second-order valence-electron chi connectivity index (χ2n) is 5.27. The smallest absolute Gasteiger partial charge is 0.215 e. The topological polar surface area (TPSA) is 49.4 Å². The highest BCUT2D eigenvalue weighted by molar-refractivity contribution is 7.90. The summed E-state index contributed by atoms with van der Waals surface area (Å²) in [4.78, 5) is 2.10. The second-order valence-corrected chi connectivity index (χ2v) is 7.32. The molecule has 1 aliphatic rings. The Morgan fingerprint density at radius 2 is 2.20 bits per heavy atom. The van der Waals surface area contributed by atoms with Crippen LogP contribution in [0, 0.1) is 12.7 Å². The number of hydrogen-bond acceptors (Lipinski definition) is 3. The van der Waals surface area contributed by atoms with E-state index in [4.69, 9.17) is 0 Å². The van der Waals surface area contributed by atoms with Crippen LogP contribution in [0.2, 0.25) is 0 Å². The van der Waals surface area contributed by atoms with Crippen LogP contribution in [0.25, 0.3) is 0 Å². The average molecular weight is 300 g/mol. The Bertz CT molecular complexity index is 575. The molecule has 1 heterocycles. The van der Waals surface area contributed by atoms with Crippen LogP contribution >= 0.6 is 0 Å². The zero-order chi connectivity index (χ0) is 14.8. The lowest BCUT2D eigenvalue weighted by molar-refractivity contribution is 0.331. The fraction of sp³-hybridized carbons (Fsp3) is 0.571. The first-order chi connectivity index (χ1) is 9.42. The number of likely N-dealkylation sites (tertiary alicyclic amines) is 1. The molecule has 1 atom stereocenters. The number of benzene rings is 1. The van der Waals surface area contributed by atoms with Gasteiger partial charge in [-0.1, -0.05) is 19.1 Å². The minimum atomic E-state index is -3.20. The third kappa shape index (κ3) is 3.56. The molecule has 0 radical (unpaired) electrons. The van der Waals surface area contributed by atoms with Crippen molar-refractivity contribution in [3.05, 3.63) is 35.1 Å². The highest BCUT2D eigenvalue weighted by Crippen LogP contribution is 2.19. The molecule has 1 unspecified atom stereocenters. The lowest BCUT2D eigenvalue weighted by atomic mass is 10.1. The lowest BCUT2D eigenvalue weighted by Crippen LogP contribution is -2.36. The van der Waals surface area contributed by atoms with Crippen molar-refractivity contribution in [2.45, 2.75) is 32.1 Å². The number of hydrogen-bond donors (Lipinski definition) is 1. The summed E-state index contributed by atoms with van der Waals surface area (Å²) in [7, 11) is -3.20. The van der Waals surface area contributed by atoms with E-state index >= 15 is 0 Å². The van der Waals surface area contributed by atoms with Crippen molar-refractivity contribution in [2.24, 2.45) is 0 Å². The van der Waals surface area contributed by atoms with Gasteiger partial charge in [-0.2, -0.15) is 0 Å². The van der Waals surface area contributed by atoms with Crippen LogP contribution in [0.1, 0.15) is 24.5 Å². The van der Waals surface area contributed by atoms with Crippen molar-refractivity contribution in [2.75, 3.05) is 19.6 Å². The van der Waals surface area contributed by atoms with E-state index in [0.29, 0.717) is 31.6 Å². The van der Waals surface area contributed by atoms with Gasteiger partial charge in [-0.05, 0) is 37.1 Å². The molecule has 1 N–H and O–H groups in total. The highest BCUT2D eigenvalue weighted by Gasteiger charge is 2.32. The van der Waals surface area contributed by atoms with Crippen molar-refractivity contribution < 1.29 is 12.8 Å². The summed E-state index contributed by atoms with van der Waals surface area (Å²) in [5.74, 6) is -0.206. The van der Waals surface area contributed by atoms with Gasteiger partial charge in [0.15, 0.2) is 0 Å². The Morgan fingerprint density at radius 3 is 2.85 bits per heavy atom. The molecule has 1 aromatic carbocycles. The van der Waals surface area contributed by atoms with E-state index in [1.807, 2.05) is 6.07 Å². The monoisotopic (exact) mass is 300 g/mol. The molecule has 112 valence electrons. The molecule has 0 aromatic heterocycles. The fourth-order valence-corrected chi connectivity index (χ4v) is 4.04. The maximum Gasteiger partial charge on any atom is 0.215 e. The van der Waals surface area contributed by atoms with Gasteiger partial charge in [0.2, 0.25) is 10.0 Å². The fourth-order valence-electron chi connectivity index (χ4n) is 2.58. The van der Waals surface area contributed by atoms with Crippen LogP contribution < -0.4 is 4.72 Å². The number of nitrogens with one attached hydrogen (secondary N) is 1. The summed E-state index contributed by atoms with van der Waals surface area (Å²) in [6, 6.07) is 5.05. The molecular formula is C14H21FN2O2S. The molecule has 20 heavy (non-hydrogen) atoms. The Labute approximate surface area is 120 Å². The number of nitrogens with zero attached hydrogens (tertiary/aromatic N) is 1. The van der Waals surface area contributed by atoms with E-state index in [-0.39, 0.29) is 11.1 Å². The number of halogens is 1. The van der Waals surface area contributed by atoms with Gasteiger partial charge in [0.05, 0.1) is 5.25 Å². The van der Waals surface area contributed by atoms with E-state index in [2.05, 4.69) is 9.62 Å². The minimum absolute atomic E-state index is 0.206. The average Bonchev–Trinajstić information content (AvgIpc) is 2.83. The van der Waals surface area contributed by atoms with Gasteiger partial charge in [0.1, 0.15) is 5.82 Å². The molecule has 0 saturated carbocycles.